The van der Waals surface area contributed by atoms with Crippen molar-refractivity contribution in [1.82, 2.24) is 14.6 Å². The monoisotopic (exact) mass is 508 g/mol. The number of anilines is 1. The number of hydrogen-bond acceptors (Lipinski definition) is 8. The molecule has 0 atom stereocenters. The number of thioether (sulfide) groups is 1. The average molecular weight is 509 g/mol. The number of Topliss-reactive ketones (excluding diaryl/α,β-unsaturated/α-hetero) is 1. The van der Waals surface area contributed by atoms with Gasteiger partial charge in [-0.1, -0.05) is 23.4 Å². The molecule has 3 heterocycles. The summed E-state index contributed by atoms with van der Waals surface area (Å²) >= 11 is 1.41. The summed E-state index contributed by atoms with van der Waals surface area (Å²) in [4.78, 5) is 37.2. The Kier molecular flexibility index (Phi) is 7.16. The number of pyridine rings is 1. The summed E-state index contributed by atoms with van der Waals surface area (Å²) in [5.74, 6) is -0.836. The molecule has 0 radical (unpaired) electrons. The lowest BCUT2D eigenvalue weighted by atomic mass is 10.0. The number of esters is 1. The first-order valence-corrected chi connectivity index (χ1v) is 12.6. The zero-order chi connectivity index (χ0) is 26.1. The minimum absolute atomic E-state index is 0.0566. The van der Waals surface area contributed by atoms with Crippen LogP contribution in [0.3, 0.4) is 0 Å². The molecule has 0 fully saturated rings. The Morgan fingerprint density at radius 3 is 2.50 bits per heavy atom. The Balaban J connectivity index is 1.53. The second-order valence-electron chi connectivity index (χ2n) is 8.64. The van der Waals surface area contributed by atoms with Crippen molar-refractivity contribution in [2.24, 2.45) is 0 Å². The van der Waals surface area contributed by atoms with E-state index >= 15 is 0 Å². The first kappa shape index (κ1) is 25.4. The Hall–Kier alpha value is -3.66. The van der Waals surface area contributed by atoms with Crippen LogP contribution in [-0.2, 0) is 9.53 Å². The first-order chi connectivity index (χ1) is 17.1. The Bertz CT molecular complexity index is 1520. The van der Waals surface area contributed by atoms with Crippen molar-refractivity contribution < 1.29 is 23.5 Å². The number of amides is 1. The van der Waals surface area contributed by atoms with Gasteiger partial charge in [-0.3, -0.25) is 19.3 Å². The van der Waals surface area contributed by atoms with Crippen molar-refractivity contribution in [2.45, 2.75) is 53.1 Å². The van der Waals surface area contributed by atoms with E-state index in [0.717, 1.165) is 27.7 Å². The third kappa shape index (κ3) is 4.73. The maximum atomic E-state index is 12.7. The highest BCUT2D eigenvalue weighted by Crippen LogP contribution is 2.31. The van der Waals surface area contributed by atoms with Crippen LogP contribution in [0, 0.1) is 27.7 Å². The maximum absolute atomic E-state index is 12.7. The van der Waals surface area contributed by atoms with Crippen molar-refractivity contribution in [2.75, 3.05) is 17.7 Å². The van der Waals surface area contributed by atoms with E-state index in [0.29, 0.717) is 10.9 Å². The fourth-order valence-electron chi connectivity index (χ4n) is 4.39. The predicted octanol–water partition coefficient (Wildman–Crippen LogP) is 5.21. The largest absolute Gasteiger partial charge is 0.462 e. The number of furan rings is 1. The van der Waals surface area contributed by atoms with Gasteiger partial charge in [-0.2, -0.15) is 0 Å². The Morgan fingerprint density at radius 1 is 1.06 bits per heavy atom. The highest BCUT2D eigenvalue weighted by atomic mass is 32.2. The molecule has 36 heavy (non-hydrogen) atoms. The van der Waals surface area contributed by atoms with Gasteiger partial charge in [0, 0.05) is 17.6 Å². The zero-order valence-corrected chi connectivity index (χ0v) is 22.0. The fraction of sp³-hybridized carbons (Fsp3) is 0.346. The van der Waals surface area contributed by atoms with Gasteiger partial charge in [-0.05, 0) is 64.8 Å². The molecule has 0 saturated heterocycles. The molecule has 0 aliphatic rings. The minimum atomic E-state index is -0.716. The smallest absolute Gasteiger partial charge is 0.344 e. The van der Waals surface area contributed by atoms with Crippen molar-refractivity contribution in [3.63, 3.8) is 0 Å². The molecule has 0 spiro atoms. The number of carbonyl (C=O) groups excluding carboxylic acids is 3. The molecular weight excluding hydrogens is 480 g/mol. The van der Waals surface area contributed by atoms with Crippen molar-refractivity contribution in [1.29, 1.82) is 0 Å². The number of hydrogen-bond donors (Lipinski definition) is 1. The number of ether oxygens (including phenoxy) is 1. The molecule has 3 aromatic heterocycles. The number of nitrogens with zero attached hydrogens (tertiary/aromatic N) is 3. The van der Waals surface area contributed by atoms with E-state index in [4.69, 9.17) is 9.15 Å². The molecule has 1 N–H and O–H groups in total. The maximum Gasteiger partial charge on any atom is 0.344 e. The van der Waals surface area contributed by atoms with E-state index in [1.807, 2.05) is 10.5 Å². The first-order valence-electron chi connectivity index (χ1n) is 11.6. The van der Waals surface area contributed by atoms with Crippen molar-refractivity contribution in [3.05, 3.63) is 51.8 Å². The lowest BCUT2D eigenvalue weighted by molar-refractivity contribution is -0.115. The Morgan fingerprint density at radius 2 is 1.81 bits per heavy atom. The zero-order valence-electron chi connectivity index (χ0n) is 21.1. The van der Waals surface area contributed by atoms with Gasteiger partial charge in [0.05, 0.1) is 17.7 Å². The second kappa shape index (κ2) is 10.1. The van der Waals surface area contributed by atoms with Gasteiger partial charge in [-0.25, -0.2) is 4.79 Å². The van der Waals surface area contributed by atoms with Gasteiger partial charge < -0.3 is 9.15 Å². The number of benzene rings is 1. The molecular formula is C26H28N4O5S. The van der Waals surface area contributed by atoms with E-state index in [1.165, 1.54) is 24.2 Å². The van der Waals surface area contributed by atoms with Gasteiger partial charge in [-0.15, -0.1) is 10.2 Å². The molecule has 0 unspecified atom stereocenters. The number of carbonyl (C=O) groups is 3. The summed E-state index contributed by atoms with van der Waals surface area (Å²) in [5.41, 5.74) is 5.29. The topological polar surface area (TPSA) is 116 Å². The summed E-state index contributed by atoms with van der Waals surface area (Å²) in [7, 11) is 0. The van der Waals surface area contributed by atoms with Gasteiger partial charge in [0.2, 0.25) is 11.8 Å². The van der Waals surface area contributed by atoms with Gasteiger partial charge >= 0.3 is 5.97 Å². The van der Waals surface area contributed by atoms with Crippen LogP contribution in [0.15, 0.2) is 27.8 Å². The fourth-order valence-corrected chi connectivity index (χ4v) is 5.27. The molecule has 0 aliphatic heterocycles. The van der Waals surface area contributed by atoms with Crippen molar-refractivity contribution >= 4 is 51.9 Å². The van der Waals surface area contributed by atoms with Gasteiger partial charge in [0.1, 0.15) is 11.3 Å². The van der Waals surface area contributed by atoms with E-state index in [1.54, 1.807) is 13.8 Å². The van der Waals surface area contributed by atoms with Crippen LogP contribution >= 0.6 is 11.8 Å². The van der Waals surface area contributed by atoms with Crippen LogP contribution in [0.1, 0.15) is 63.4 Å². The van der Waals surface area contributed by atoms with E-state index in [2.05, 4.69) is 48.4 Å². The molecule has 1 amide bonds. The third-order valence-corrected chi connectivity index (χ3v) is 6.76. The lowest BCUT2D eigenvalue weighted by Crippen LogP contribution is -2.16. The number of fused-ring (bicyclic) bond motifs is 3. The molecule has 4 rings (SSSR count). The summed E-state index contributed by atoms with van der Waals surface area (Å²) in [6, 6.07) is 6.29. The normalized spacial score (nSPS) is 11.3. The van der Waals surface area contributed by atoms with Crippen LogP contribution in [-0.4, -0.2) is 44.6 Å². The van der Waals surface area contributed by atoms with Crippen LogP contribution in [0.4, 0.5) is 5.88 Å². The van der Waals surface area contributed by atoms with Gasteiger partial charge in [0.25, 0.3) is 0 Å². The Labute approximate surface area is 212 Å². The summed E-state index contributed by atoms with van der Waals surface area (Å²) in [5, 5.41) is 13.1. The summed E-state index contributed by atoms with van der Waals surface area (Å²) in [6.45, 7) is 10.9. The minimum Gasteiger partial charge on any atom is -0.462 e. The van der Waals surface area contributed by atoms with Crippen LogP contribution in [0.2, 0.25) is 0 Å². The van der Waals surface area contributed by atoms with Crippen LogP contribution in [0.25, 0.3) is 16.6 Å². The molecule has 0 saturated carbocycles. The van der Waals surface area contributed by atoms with E-state index in [9.17, 15) is 14.4 Å². The number of aryl methyl sites for hydroxylation is 4. The highest BCUT2D eigenvalue weighted by Gasteiger charge is 2.28. The molecule has 0 bridgehead atoms. The standard InChI is InChI=1S/C26H28N4O5S/c1-7-34-25(33)22-21(16(5)31)17(6)35-24(22)27-20(32)8-9-36-26-29-28-19-12-14(3)18-11-13(2)10-15(4)23(18)30(19)26/h10-12H,7-9H2,1-6H3,(H,27,32). The van der Waals surface area contributed by atoms with E-state index in [-0.39, 0.29) is 47.5 Å². The number of aromatic nitrogens is 3. The lowest BCUT2D eigenvalue weighted by Gasteiger charge is -2.11. The molecule has 9 nitrogen and oxygen atoms in total. The summed E-state index contributed by atoms with van der Waals surface area (Å²) < 4.78 is 12.6. The van der Waals surface area contributed by atoms with E-state index < -0.39 is 5.97 Å². The van der Waals surface area contributed by atoms with Crippen LogP contribution < -0.4 is 5.32 Å². The summed E-state index contributed by atoms with van der Waals surface area (Å²) in [6.07, 6.45) is 0.124. The molecule has 0 aliphatic carbocycles. The molecule has 188 valence electrons. The van der Waals surface area contributed by atoms with Gasteiger partial charge in [0.15, 0.2) is 16.6 Å². The SMILES string of the molecule is CCOC(=O)c1c(NC(=O)CCSc2nnc3cc(C)c4cc(C)cc(C)c4n23)oc(C)c1C(C)=O. The van der Waals surface area contributed by atoms with Crippen LogP contribution in [0.5, 0.6) is 0 Å². The van der Waals surface area contributed by atoms with Crippen molar-refractivity contribution in [3.8, 4) is 0 Å². The highest BCUT2D eigenvalue weighted by molar-refractivity contribution is 7.99. The number of nitrogens with one attached hydrogen (secondary N) is 1. The second-order valence-corrected chi connectivity index (χ2v) is 9.70. The number of ketones is 1. The number of rotatable bonds is 8. The molecule has 1 aromatic carbocycles. The quantitative estimate of drug-likeness (QED) is 0.196. The average Bonchev–Trinajstić information content (AvgIpc) is 3.34. The third-order valence-electron chi connectivity index (χ3n) is 5.83. The predicted molar refractivity (Wildman–Crippen MR) is 138 cm³/mol. The molecule has 10 heteroatoms. The molecule has 4 aromatic rings.